The highest BCUT2D eigenvalue weighted by molar-refractivity contribution is 5.89. The van der Waals surface area contributed by atoms with E-state index in [1.807, 2.05) is 18.2 Å². The molecule has 3 rings (SSSR count). The Morgan fingerprint density at radius 1 is 1.09 bits per heavy atom. The molecule has 9 heteroatoms. The molecule has 2 amide bonds. The van der Waals surface area contributed by atoms with Crippen molar-refractivity contribution in [3.8, 4) is 30.8 Å². The molecule has 1 atom stereocenters. The average Bonchev–Trinajstić information content (AvgIpc) is 3.31. The van der Waals surface area contributed by atoms with E-state index in [0.717, 1.165) is 17.9 Å². The molecule has 166 valence electrons. The van der Waals surface area contributed by atoms with Crippen LogP contribution in [0.2, 0.25) is 0 Å². The molecule has 2 fully saturated rings. The predicted molar refractivity (Wildman–Crippen MR) is 123 cm³/mol. The molecule has 0 aromatic carbocycles. The third-order valence-corrected chi connectivity index (χ3v) is 5.61. The van der Waals surface area contributed by atoms with Crippen molar-refractivity contribution in [1.29, 1.82) is 5.26 Å². The van der Waals surface area contributed by atoms with E-state index in [1.54, 1.807) is 9.80 Å². The van der Waals surface area contributed by atoms with Gasteiger partial charge in [-0.3, -0.25) is 9.59 Å². The zero-order valence-electron chi connectivity index (χ0n) is 18.0. The molecule has 0 bridgehead atoms. The number of aromatic nitrogens is 1. The van der Waals surface area contributed by atoms with Gasteiger partial charge in [-0.15, -0.1) is 12.8 Å². The number of amides is 2. The normalized spacial score (nSPS) is 17.8. The minimum atomic E-state index is -0.468. The first-order chi connectivity index (χ1) is 15.6. The molecule has 1 unspecified atom stereocenters. The monoisotopic (exact) mass is 433 g/mol. The maximum atomic E-state index is 13.1. The summed E-state index contributed by atoms with van der Waals surface area (Å²) in [5.74, 6) is 6.20. The maximum absolute atomic E-state index is 13.1. The van der Waals surface area contributed by atoms with E-state index in [2.05, 4.69) is 27.4 Å². The first-order valence-electron chi connectivity index (χ1n) is 10.6. The molecule has 0 aliphatic carbocycles. The van der Waals surface area contributed by atoms with Gasteiger partial charge in [-0.25, -0.2) is 4.98 Å². The number of hydrogen-bond acceptors (Lipinski definition) is 7. The number of anilines is 3. The van der Waals surface area contributed by atoms with Crippen molar-refractivity contribution < 1.29 is 9.59 Å². The van der Waals surface area contributed by atoms with Gasteiger partial charge in [0, 0.05) is 32.7 Å². The van der Waals surface area contributed by atoms with Crippen molar-refractivity contribution in [2.24, 2.45) is 0 Å². The lowest BCUT2D eigenvalue weighted by molar-refractivity contribution is -0.143. The average molecular weight is 434 g/mol. The number of carbonyl (C=O) groups excluding carboxylic acids is 2. The third kappa shape index (κ3) is 5.22. The standard InChI is InChI=1S/C23H27N7O2/c1-3-11-25-18-7-8-20(26-12-4-2)27-22(18)28-14-16-29(17-15-28)23(32)19-6-5-13-30(19)21(31)9-10-24/h1-2,7-8,19,25H,5-6,9,11-17H2,(H,26,27). The van der Waals surface area contributed by atoms with Crippen molar-refractivity contribution in [2.75, 3.05) is 61.3 Å². The van der Waals surface area contributed by atoms with Crippen molar-refractivity contribution in [3.63, 3.8) is 0 Å². The predicted octanol–water partition coefficient (Wildman–Crippen LogP) is 0.725. The van der Waals surface area contributed by atoms with Crippen LogP contribution in [0.5, 0.6) is 0 Å². The lowest BCUT2D eigenvalue weighted by Crippen LogP contribution is -2.54. The zero-order valence-corrected chi connectivity index (χ0v) is 18.0. The minimum Gasteiger partial charge on any atom is -0.371 e. The van der Waals surface area contributed by atoms with Gasteiger partial charge in [-0.2, -0.15) is 5.26 Å². The summed E-state index contributed by atoms with van der Waals surface area (Å²) in [6.45, 7) is 3.51. The molecule has 32 heavy (non-hydrogen) atoms. The topological polar surface area (TPSA) is 105 Å². The second-order valence-corrected chi connectivity index (χ2v) is 7.58. The molecule has 0 radical (unpaired) electrons. The third-order valence-electron chi connectivity index (χ3n) is 5.61. The largest absolute Gasteiger partial charge is 0.371 e. The van der Waals surface area contributed by atoms with Crippen LogP contribution in [0.3, 0.4) is 0 Å². The van der Waals surface area contributed by atoms with Crippen LogP contribution in [0.25, 0.3) is 0 Å². The lowest BCUT2D eigenvalue weighted by atomic mass is 10.1. The van der Waals surface area contributed by atoms with Crippen molar-refractivity contribution in [1.82, 2.24) is 14.8 Å². The Balaban J connectivity index is 1.67. The molecular weight excluding hydrogens is 406 g/mol. The van der Waals surface area contributed by atoms with E-state index in [-0.39, 0.29) is 18.2 Å². The molecule has 0 saturated carbocycles. The summed E-state index contributed by atoms with van der Waals surface area (Å²) in [4.78, 5) is 35.4. The van der Waals surface area contributed by atoms with Gasteiger partial charge < -0.3 is 25.3 Å². The molecule has 3 heterocycles. The Labute approximate surface area is 188 Å². The van der Waals surface area contributed by atoms with E-state index in [9.17, 15) is 9.59 Å². The Bertz CT molecular complexity index is 964. The Morgan fingerprint density at radius 2 is 1.81 bits per heavy atom. The first-order valence-corrected chi connectivity index (χ1v) is 10.6. The van der Waals surface area contributed by atoms with Gasteiger partial charge in [-0.1, -0.05) is 11.8 Å². The van der Waals surface area contributed by atoms with Crippen LogP contribution in [-0.2, 0) is 9.59 Å². The number of nitrogens with zero attached hydrogens (tertiary/aromatic N) is 5. The van der Waals surface area contributed by atoms with Crippen molar-refractivity contribution in [3.05, 3.63) is 12.1 Å². The van der Waals surface area contributed by atoms with Crippen LogP contribution in [0.1, 0.15) is 19.3 Å². The molecule has 2 N–H and O–H groups in total. The molecular formula is C23H27N7O2. The summed E-state index contributed by atoms with van der Waals surface area (Å²) >= 11 is 0. The summed E-state index contributed by atoms with van der Waals surface area (Å²) in [5.41, 5.74) is 0.818. The fourth-order valence-electron chi connectivity index (χ4n) is 4.05. The lowest BCUT2D eigenvalue weighted by Gasteiger charge is -2.38. The number of likely N-dealkylation sites (tertiary alicyclic amines) is 1. The van der Waals surface area contributed by atoms with Gasteiger partial charge in [0.05, 0.1) is 24.8 Å². The van der Waals surface area contributed by atoms with E-state index >= 15 is 0 Å². The highest BCUT2D eigenvalue weighted by atomic mass is 16.2. The molecule has 2 aliphatic rings. The van der Waals surface area contributed by atoms with E-state index in [1.165, 1.54) is 0 Å². The van der Waals surface area contributed by atoms with Gasteiger partial charge in [0.15, 0.2) is 5.82 Å². The number of terminal acetylenes is 2. The van der Waals surface area contributed by atoms with E-state index in [0.29, 0.717) is 58.1 Å². The Hall–Kier alpha value is -3.90. The fourth-order valence-corrected chi connectivity index (χ4v) is 4.05. The van der Waals surface area contributed by atoms with Crippen LogP contribution < -0.4 is 15.5 Å². The fraction of sp³-hybridized carbons (Fsp3) is 0.478. The summed E-state index contributed by atoms with van der Waals surface area (Å²) in [6, 6.07) is 5.16. The van der Waals surface area contributed by atoms with Crippen molar-refractivity contribution >= 4 is 29.1 Å². The van der Waals surface area contributed by atoms with Crippen LogP contribution in [0.15, 0.2) is 12.1 Å². The summed E-state index contributed by atoms with van der Waals surface area (Å²) < 4.78 is 0. The van der Waals surface area contributed by atoms with Crippen LogP contribution in [0, 0.1) is 36.0 Å². The molecule has 2 saturated heterocycles. The minimum absolute atomic E-state index is 0.0449. The van der Waals surface area contributed by atoms with Gasteiger partial charge in [0.1, 0.15) is 18.3 Å². The second-order valence-electron chi connectivity index (χ2n) is 7.58. The SMILES string of the molecule is C#CCNc1ccc(NCC#C)c(N2CCN(C(=O)C3CCCN3C(=O)CC#N)CC2)n1. The highest BCUT2D eigenvalue weighted by Gasteiger charge is 2.37. The van der Waals surface area contributed by atoms with Crippen LogP contribution in [0.4, 0.5) is 17.3 Å². The molecule has 1 aromatic heterocycles. The maximum Gasteiger partial charge on any atom is 0.245 e. The number of carbonyl (C=O) groups is 2. The number of hydrogen-bond donors (Lipinski definition) is 2. The second kappa shape index (κ2) is 10.9. The Kier molecular flexibility index (Phi) is 7.78. The van der Waals surface area contributed by atoms with E-state index < -0.39 is 6.04 Å². The first kappa shape index (κ1) is 22.8. The number of piperazine rings is 1. The zero-order chi connectivity index (χ0) is 22.9. The van der Waals surface area contributed by atoms with Crippen LogP contribution in [-0.4, -0.2) is 78.5 Å². The van der Waals surface area contributed by atoms with Crippen LogP contribution >= 0.6 is 0 Å². The molecule has 0 spiro atoms. The van der Waals surface area contributed by atoms with Gasteiger partial charge >= 0.3 is 0 Å². The number of nitrogens with one attached hydrogen (secondary N) is 2. The quantitative estimate of drug-likeness (QED) is 0.611. The summed E-state index contributed by atoms with van der Waals surface area (Å²) in [6.07, 6.45) is 11.9. The molecule has 2 aliphatic heterocycles. The summed E-state index contributed by atoms with van der Waals surface area (Å²) in [5, 5.41) is 15.1. The van der Waals surface area contributed by atoms with Gasteiger partial charge in [-0.05, 0) is 25.0 Å². The smallest absolute Gasteiger partial charge is 0.245 e. The Morgan fingerprint density at radius 3 is 2.50 bits per heavy atom. The number of rotatable bonds is 7. The van der Waals surface area contributed by atoms with Crippen molar-refractivity contribution in [2.45, 2.75) is 25.3 Å². The van der Waals surface area contributed by atoms with Gasteiger partial charge in [0.25, 0.3) is 0 Å². The van der Waals surface area contributed by atoms with Gasteiger partial charge in [0.2, 0.25) is 11.8 Å². The van der Waals surface area contributed by atoms with E-state index in [4.69, 9.17) is 23.1 Å². The highest BCUT2D eigenvalue weighted by Crippen LogP contribution is 2.27. The molecule has 1 aromatic rings. The number of nitriles is 1. The summed E-state index contributed by atoms with van der Waals surface area (Å²) in [7, 11) is 0. The number of pyridine rings is 1. The molecule has 9 nitrogen and oxygen atoms in total.